The smallest absolute Gasteiger partial charge is 0.159 e. The topological polar surface area (TPSA) is 68.0 Å². The molecule has 0 radical (unpaired) electrons. The first-order valence-corrected chi connectivity index (χ1v) is 19.2. The number of rotatable bonds is 5. The Morgan fingerprint density at radius 3 is 1.98 bits per heavy atom. The normalized spacial score (nSPS) is 14.5. The Morgan fingerprint density at radius 1 is 0.474 bits per heavy atom. The summed E-state index contributed by atoms with van der Waals surface area (Å²) in [7, 11) is 0. The van der Waals surface area contributed by atoms with Crippen LogP contribution in [0, 0.1) is 0 Å². The number of hydrogen-bond acceptors (Lipinski definition) is 5. The highest BCUT2D eigenvalue weighted by molar-refractivity contribution is 6.18. The number of fused-ring (bicyclic) bond motifs is 9. The molecule has 3 aromatic heterocycles. The minimum absolute atomic E-state index is 0.275. The van der Waals surface area contributed by atoms with E-state index in [4.69, 9.17) is 18.8 Å². The van der Waals surface area contributed by atoms with Gasteiger partial charge in [-0.05, 0) is 65.7 Å². The summed E-state index contributed by atoms with van der Waals surface area (Å²) in [6, 6.07) is 63.2. The van der Waals surface area contributed by atoms with Crippen molar-refractivity contribution in [3.63, 3.8) is 0 Å². The minimum Gasteiger partial charge on any atom is -0.456 e. The van der Waals surface area contributed by atoms with Gasteiger partial charge in [-0.25, -0.2) is 9.98 Å². The molecule has 0 aliphatic carbocycles. The Bertz CT molecular complexity index is 3390. The molecule has 4 heterocycles. The number of amidine groups is 2. The van der Waals surface area contributed by atoms with Crippen LogP contribution in [-0.4, -0.2) is 16.2 Å². The zero-order valence-electron chi connectivity index (χ0n) is 30.6. The lowest BCUT2D eigenvalue weighted by Crippen LogP contribution is -2.33. The third-order valence-corrected chi connectivity index (χ3v) is 11.3. The van der Waals surface area contributed by atoms with E-state index in [2.05, 4.69) is 149 Å². The Balaban J connectivity index is 0.967. The number of nitrogens with zero attached hydrogens (tertiary/aromatic N) is 3. The number of furan rings is 2. The highest BCUT2D eigenvalue weighted by Gasteiger charge is 2.23. The van der Waals surface area contributed by atoms with E-state index in [1.54, 1.807) is 0 Å². The summed E-state index contributed by atoms with van der Waals surface area (Å²) in [5.41, 5.74) is 11.8. The fraction of sp³-hybridized carbons (Fsp3) is 0.0196. The van der Waals surface area contributed by atoms with Gasteiger partial charge in [-0.15, -0.1) is 0 Å². The van der Waals surface area contributed by atoms with E-state index in [1.807, 2.05) is 42.5 Å². The number of benzene rings is 8. The first kappa shape index (κ1) is 31.6. The third kappa shape index (κ3) is 4.97. The summed E-state index contributed by atoms with van der Waals surface area (Å²) in [6.07, 6.45) is -0.275. The number of nitrogens with one attached hydrogen (secondary N) is 1. The van der Waals surface area contributed by atoms with Crippen molar-refractivity contribution in [3.05, 3.63) is 199 Å². The van der Waals surface area contributed by atoms with Gasteiger partial charge in [-0.1, -0.05) is 127 Å². The molecule has 1 N–H and O–H groups in total. The molecule has 8 aromatic carbocycles. The molecular formula is C51H32N4O2. The van der Waals surface area contributed by atoms with Crippen molar-refractivity contribution in [2.24, 2.45) is 9.98 Å². The highest BCUT2D eigenvalue weighted by atomic mass is 16.3. The molecule has 6 nitrogen and oxygen atoms in total. The summed E-state index contributed by atoms with van der Waals surface area (Å²) in [6.45, 7) is 0. The summed E-state index contributed by atoms with van der Waals surface area (Å²) >= 11 is 0. The van der Waals surface area contributed by atoms with E-state index in [0.717, 1.165) is 83.2 Å². The van der Waals surface area contributed by atoms with Gasteiger partial charge < -0.3 is 18.7 Å². The quantitative estimate of drug-likeness (QED) is 0.192. The van der Waals surface area contributed by atoms with Crippen molar-refractivity contribution in [2.75, 3.05) is 0 Å². The maximum atomic E-state index is 6.66. The lowest BCUT2D eigenvalue weighted by Gasteiger charge is -2.23. The second kappa shape index (κ2) is 12.4. The van der Waals surface area contributed by atoms with Crippen molar-refractivity contribution in [1.82, 2.24) is 9.88 Å². The average molecular weight is 733 g/mol. The van der Waals surface area contributed by atoms with Crippen LogP contribution in [0.3, 0.4) is 0 Å². The maximum absolute atomic E-state index is 6.66. The van der Waals surface area contributed by atoms with Crippen LogP contribution in [0.4, 0.5) is 0 Å². The lowest BCUT2D eigenvalue weighted by atomic mass is 10.00. The van der Waals surface area contributed by atoms with Gasteiger partial charge in [0.15, 0.2) is 5.84 Å². The Labute approximate surface area is 326 Å². The van der Waals surface area contributed by atoms with Crippen molar-refractivity contribution in [1.29, 1.82) is 0 Å². The predicted octanol–water partition coefficient (Wildman–Crippen LogP) is 12.7. The third-order valence-electron chi connectivity index (χ3n) is 11.3. The van der Waals surface area contributed by atoms with Crippen LogP contribution in [0.25, 0.3) is 82.5 Å². The van der Waals surface area contributed by atoms with Crippen molar-refractivity contribution >= 4 is 77.4 Å². The molecule has 268 valence electrons. The summed E-state index contributed by atoms with van der Waals surface area (Å²) in [4.78, 5) is 10.1. The fourth-order valence-electron chi connectivity index (χ4n) is 8.63. The molecule has 57 heavy (non-hydrogen) atoms. The molecule has 1 aliphatic heterocycles. The molecule has 0 saturated carbocycles. The second-order valence-corrected chi connectivity index (χ2v) is 14.6. The van der Waals surface area contributed by atoms with Gasteiger partial charge in [-0.2, -0.15) is 0 Å². The van der Waals surface area contributed by atoms with Crippen molar-refractivity contribution in [2.45, 2.75) is 6.17 Å². The van der Waals surface area contributed by atoms with Gasteiger partial charge in [0.2, 0.25) is 0 Å². The molecule has 0 fully saturated rings. The Morgan fingerprint density at radius 2 is 1.18 bits per heavy atom. The van der Waals surface area contributed by atoms with E-state index in [-0.39, 0.29) is 6.17 Å². The SMILES string of the molecule is c1ccc(C2=NC(c3ccccc3)NC(c3ccc4oc5c(-c6ccc7c(c6)oc6cccc(-n8c9ccccc9c9ccccc98)c67)cccc5c4c3)=N2)cc1. The standard InChI is InChI=1S/C51H32N4O2/c1-3-13-31(14-4-1)49-52-50(32-15-5-2-6-16-32)54-51(53-49)34-26-28-44-40(29-34)38-20-11-19-35(48(38)57-44)33-25-27-39-46(30-33)56-45-24-12-23-43(47(39)45)55-41-21-9-7-17-36(41)37-18-8-10-22-42(37)55/h1-30,49H,(H,52,53,54). The van der Waals surface area contributed by atoms with Crippen LogP contribution in [0.1, 0.15) is 22.9 Å². The zero-order valence-corrected chi connectivity index (χ0v) is 30.6. The minimum atomic E-state index is -0.275. The average Bonchev–Trinajstić information content (AvgIpc) is 3.96. The van der Waals surface area contributed by atoms with E-state index < -0.39 is 0 Å². The van der Waals surface area contributed by atoms with Crippen molar-refractivity contribution in [3.8, 4) is 16.8 Å². The van der Waals surface area contributed by atoms with Crippen LogP contribution in [0.15, 0.2) is 201 Å². The van der Waals surface area contributed by atoms with Crippen LogP contribution >= 0.6 is 0 Å². The number of hydrogen-bond donors (Lipinski definition) is 1. The van der Waals surface area contributed by atoms with Crippen LogP contribution in [0.5, 0.6) is 0 Å². The first-order valence-electron chi connectivity index (χ1n) is 19.2. The molecule has 0 saturated heterocycles. The van der Waals surface area contributed by atoms with Gasteiger partial charge in [0.05, 0.1) is 22.1 Å². The summed E-state index contributed by atoms with van der Waals surface area (Å²) in [5.74, 6) is 1.46. The summed E-state index contributed by atoms with van der Waals surface area (Å²) in [5, 5.41) is 10.3. The lowest BCUT2D eigenvalue weighted by molar-refractivity contribution is 0.668. The molecule has 1 atom stereocenters. The Kier molecular flexibility index (Phi) is 6.89. The van der Waals surface area contributed by atoms with Gasteiger partial charge in [0.25, 0.3) is 0 Å². The second-order valence-electron chi connectivity index (χ2n) is 14.6. The molecule has 0 spiro atoms. The van der Waals surface area contributed by atoms with E-state index >= 15 is 0 Å². The molecule has 1 aliphatic rings. The zero-order chi connectivity index (χ0) is 37.5. The maximum Gasteiger partial charge on any atom is 0.159 e. The summed E-state index contributed by atoms with van der Waals surface area (Å²) < 4.78 is 15.7. The van der Waals surface area contributed by atoms with Crippen LogP contribution < -0.4 is 5.32 Å². The number of aromatic nitrogens is 1. The van der Waals surface area contributed by atoms with Crippen LogP contribution in [0.2, 0.25) is 0 Å². The van der Waals surface area contributed by atoms with Gasteiger partial charge >= 0.3 is 0 Å². The van der Waals surface area contributed by atoms with Gasteiger partial charge in [-0.3, -0.25) is 0 Å². The monoisotopic (exact) mass is 732 g/mol. The Hall–Kier alpha value is -7.70. The molecule has 0 amide bonds. The fourth-order valence-corrected chi connectivity index (χ4v) is 8.63. The van der Waals surface area contributed by atoms with Crippen LogP contribution in [-0.2, 0) is 0 Å². The largest absolute Gasteiger partial charge is 0.456 e. The number of aliphatic imine (C=N–C) groups is 2. The van der Waals surface area contributed by atoms with Gasteiger partial charge in [0, 0.05) is 43.6 Å². The highest BCUT2D eigenvalue weighted by Crippen LogP contribution is 2.42. The molecule has 1 unspecified atom stereocenters. The molecule has 6 heteroatoms. The van der Waals surface area contributed by atoms with Crippen molar-refractivity contribution < 1.29 is 8.83 Å². The predicted molar refractivity (Wildman–Crippen MR) is 233 cm³/mol. The number of para-hydroxylation sites is 3. The van der Waals surface area contributed by atoms with E-state index in [0.29, 0.717) is 5.84 Å². The molecule has 12 rings (SSSR count). The molecule has 0 bridgehead atoms. The van der Waals surface area contributed by atoms with E-state index in [9.17, 15) is 0 Å². The van der Waals surface area contributed by atoms with E-state index in [1.165, 1.54) is 21.8 Å². The van der Waals surface area contributed by atoms with Gasteiger partial charge in [0.1, 0.15) is 34.3 Å². The molecule has 11 aromatic rings. The first-order chi connectivity index (χ1) is 28.2. The molecular weight excluding hydrogens is 701 g/mol.